The van der Waals surface area contributed by atoms with Gasteiger partial charge in [-0.2, -0.15) is 0 Å². The Bertz CT molecular complexity index is 750. The summed E-state index contributed by atoms with van der Waals surface area (Å²) in [7, 11) is 0. The highest BCUT2D eigenvalue weighted by atomic mass is 35.5. The van der Waals surface area contributed by atoms with Gasteiger partial charge in [0.2, 0.25) is 5.96 Å². The fourth-order valence-corrected chi connectivity index (χ4v) is 4.73. The van der Waals surface area contributed by atoms with E-state index in [2.05, 4.69) is 22.2 Å². The zero-order valence-electron chi connectivity index (χ0n) is 21.2. The molecule has 6 heteroatoms. The molecule has 0 saturated carbocycles. The highest BCUT2D eigenvalue weighted by Gasteiger charge is 2.20. The molecule has 0 spiro atoms. The number of nitrogens with zero attached hydrogens (tertiary/aromatic N) is 3. The first-order valence-corrected chi connectivity index (χ1v) is 14.4. The molecule has 0 saturated heterocycles. The van der Waals surface area contributed by atoms with Gasteiger partial charge in [0.15, 0.2) is 5.11 Å². The third kappa shape index (κ3) is 12.9. The molecule has 1 aromatic rings. The Labute approximate surface area is 218 Å². The van der Waals surface area contributed by atoms with Crippen molar-refractivity contribution in [1.82, 2.24) is 4.90 Å². The van der Waals surface area contributed by atoms with Crippen LogP contribution in [0.2, 0.25) is 5.02 Å². The molecule has 2 rings (SSSR count). The zero-order valence-corrected chi connectivity index (χ0v) is 22.8. The molecule has 1 N–H and O–H groups in total. The summed E-state index contributed by atoms with van der Waals surface area (Å²) in [6.07, 6.45) is 23.8. The van der Waals surface area contributed by atoms with Crippen molar-refractivity contribution >= 4 is 46.8 Å². The van der Waals surface area contributed by atoms with Gasteiger partial charge < -0.3 is 5.32 Å². The number of guanidine groups is 1. The van der Waals surface area contributed by atoms with E-state index in [0.29, 0.717) is 16.1 Å². The van der Waals surface area contributed by atoms with Crippen LogP contribution >= 0.6 is 23.8 Å². The molecule has 34 heavy (non-hydrogen) atoms. The van der Waals surface area contributed by atoms with Gasteiger partial charge in [-0.1, -0.05) is 114 Å². The molecule has 1 aliphatic heterocycles. The molecular weight excluding hydrogens is 460 g/mol. The van der Waals surface area contributed by atoms with Gasteiger partial charge in [-0.15, -0.1) is 0 Å². The number of halogens is 1. The van der Waals surface area contributed by atoms with Crippen LogP contribution in [0.1, 0.15) is 110 Å². The van der Waals surface area contributed by atoms with E-state index in [-0.39, 0.29) is 0 Å². The predicted octanol–water partition coefficient (Wildman–Crippen LogP) is 9.04. The first kappa shape index (κ1) is 28.8. The SMILES string of the molecule is CCCCCCCCCCCCCCCCCC=NC1=NCCN1C(=S)Nc1cccc(Cl)c1. The quantitative estimate of drug-likeness (QED) is 0.131. The molecule has 1 heterocycles. The lowest BCUT2D eigenvalue weighted by Gasteiger charge is -2.19. The van der Waals surface area contributed by atoms with E-state index in [1.54, 1.807) is 0 Å². The summed E-state index contributed by atoms with van der Waals surface area (Å²) in [4.78, 5) is 11.0. The number of rotatable bonds is 17. The number of anilines is 1. The lowest BCUT2D eigenvalue weighted by molar-refractivity contribution is 0.533. The van der Waals surface area contributed by atoms with E-state index < -0.39 is 0 Å². The van der Waals surface area contributed by atoms with Crippen LogP contribution in [0, 0.1) is 0 Å². The normalized spacial score (nSPS) is 13.6. The number of hydrogen-bond donors (Lipinski definition) is 1. The molecule has 0 unspecified atom stereocenters. The van der Waals surface area contributed by atoms with Crippen molar-refractivity contribution in [2.45, 2.75) is 110 Å². The maximum atomic E-state index is 6.06. The molecule has 0 aliphatic carbocycles. The van der Waals surface area contributed by atoms with Gasteiger partial charge in [-0.05, 0) is 43.3 Å². The Morgan fingerprint density at radius 2 is 1.56 bits per heavy atom. The Hall–Kier alpha value is -1.46. The Balaban J connectivity index is 1.44. The molecule has 1 aliphatic rings. The zero-order chi connectivity index (χ0) is 24.3. The molecule has 0 fully saturated rings. The van der Waals surface area contributed by atoms with Crippen molar-refractivity contribution in [2.75, 3.05) is 18.4 Å². The average molecular weight is 505 g/mol. The van der Waals surface area contributed by atoms with Gasteiger partial charge in [0, 0.05) is 23.5 Å². The number of aliphatic imine (C=N–C) groups is 2. The van der Waals surface area contributed by atoms with Gasteiger partial charge >= 0.3 is 0 Å². The minimum atomic E-state index is 0.614. The standard InChI is InChI=1S/C28H45ClN4S/c1-2-3-4-5-6-7-8-9-10-11-12-13-14-15-16-17-21-30-27-31-22-23-33(27)28(34)32-26-20-18-19-25(29)24-26/h18-21,24H,2-17,22-23H2,1H3,(H,32,34). The molecule has 4 nitrogen and oxygen atoms in total. The molecule has 0 radical (unpaired) electrons. The van der Waals surface area contributed by atoms with E-state index >= 15 is 0 Å². The van der Waals surface area contributed by atoms with Crippen LogP contribution in [0.25, 0.3) is 0 Å². The smallest absolute Gasteiger partial charge is 0.226 e. The van der Waals surface area contributed by atoms with Crippen LogP contribution in [-0.2, 0) is 0 Å². The van der Waals surface area contributed by atoms with E-state index in [1.165, 1.54) is 96.3 Å². The number of thiocarbonyl (C=S) groups is 1. The van der Waals surface area contributed by atoms with Crippen LogP contribution in [-0.4, -0.2) is 35.3 Å². The first-order chi connectivity index (χ1) is 16.7. The van der Waals surface area contributed by atoms with Crippen molar-refractivity contribution in [1.29, 1.82) is 0 Å². The second kappa shape index (κ2) is 18.8. The van der Waals surface area contributed by atoms with Crippen molar-refractivity contribution in [2.24, 2.45) is 9.98 Å². The highest BCUT2D eigenvalue weighted by molar-refractivity contribution is 7.80. The molecule has 0 aromatic heterocycles. The first-order valence-electron chi connectivity index (χ1n) is 13.6. The van der Waals surface area contributed by atoms with E-state index in [1.807, 2.05) is 35.4 Å². The summed E-state index contributed by atoms with van der Waals surface area (Å²) in [6, 6.07) is 7.56. The fraction of sp³-hybridized carbons (Fsp3) is 0.679. The van der Waals surface area contributed by atoms with Crippen molar-refractivity contribution in [3.63, 3.8) is 0 Å². The second-order valence-corrected chi connectivity index (χ2v) is 10.1. The minimum absolute atomic E-state index is 0.614. The van der Waals surface area contributed by atoms with Crippen LogP contribution in [0.5, 0.6) is 0 Å². The Morgan fingerprint density at radius 1 is 0.971 bits per heavy atom. The summed E-state index contributed by atoms with van der Waals surface area (Å²) < 4.78 is 0. The molecule has 0 amide bonds. The number of unbranched alkanes of at least 4 members (excludes halogenated alkanes) is 15. The average Bonchev–Trinajstić information content (AvgIpc) is 3.30. The van der Waals surface area contributed by atoms with Crippen LogP contribution in [0.15, 0.2) is 34.3 Å². The largest absolute Gasteiger partial charge is 0.332 e. The maximum Gasteiger partial charge on any atom is 0.226 e. The van der Waals surface area contributed by atoms with Gasteiger partial charge in [-0.25, -0.2) is 9.98 Å². The van der Waals surface area contributed by atoms with Gasteiger partial charge in [-0.3, -0.25) is 4.90 Å². The molecular formula is C28H45ClN4S. The third-order valence-electron chi connectivity index (χ3n) is 6.28. The summed E-state index contributed by atoms with van der Waals surface area (Å²) in [5.74, 6) is 0.709. The van der Waals surface area contributed by atoms with Crippen molar-refractivity contribution < 1.29 is 0 Å². The Kier molecular flexibility index (Phi) is 15.9. The van der Waals surface area contributed by atoms with Gasteiger partial charge in [0.25, 0.3) is 0 Å². The third-order valence-corrected chi connectivity index (χ3v) is 6.84. The number of nitrogens with one attached hydrogen (secondary N) is 1. The van der Waals surface area contributed by atoms with E-state index in [4.69, 9.17) is 23.8 Å². The molecule has 0 bridgehead atoms. The summed E-state index contributed by atoms with van der Waals surface area (Å²) >= 11 is 11.6. The summed E-state index contributed by atoms with van der Waals surface area (Å²) in [5, 5.41) is 4.53. The molecule has 1 aromatic carbocycles. The predicted molar refractivity (Wildman–Crippen MR) is 155 cm³/mol. The monoisotopic (exact) mass is 504 g/mol. The maximum absolute atomic E-state index is 6.06. The highest BCUT2D eigenvalue weighted by Crippen LogP contribution is 2.17. The minimum Gasteiger partial charge on any atom is -0.332 e. The molecule has 190 valence electrons. The summed E-state index contributed by atoms with van der Waals surface area (Å²) in [5.41, 5.74) is 0.880. The van der Waals surface area contributed by atoms with Crippen molar-refractivity contribution in [3.8, 4) is 0 Å². The number of benzene rings is 1. The lowest BCUT2D eigenvalue weighted by Crippen LogP contribution is -2.36. The van der Waals surface area contributed by atoms with E-state index in [0.717, 1.165) is 25.2 Å². The fourth-order valence-electron chi connectivity index (χ4n) is 4.25. The van der Waals surface area contributed by atoms with Crippen LogP contribution < -0.4 is 5.32 Å². The number of hydrogen-bond acceptors (Lipinski definition) is 3. The van der Waals surface area contributed by atoms with Crippen LogP contribution in [0.3, 0.4) is 0 Å². The van der Waals surface area contributed by atoms with Crippen LogP contribution in [0.4, 0.5) is 5.69 Å². The lowest BCUT2D eigenvalue weighted by atomic mass is 10.0. The second-order valence-electron chi connectivity index (χ2n) is 9.32. The topological polar surface area (TPSA) is 40.0 Å². The van der Waals surface area contributed by atoms with Gasteiger partial charge in [0.05, 0.1) is 6.54 Å². The van der Waals surface area contributed by atoms with Crippen molar-refractivity contribution in [3.05, 3.63) is 29.3 Å². The summed E-state index contributed by atoms with van der Waals surface area (Å²) in [6.45, 7) is 3.77. The van der Waals surface area contributed by atoms with Gasteiger partial charge in [0.1, 0.15) is 0 Å². The van der Waals surface area contributed by atoms with E-state index in [9.17, 15) is 0 Å². The molecule has 0 atom stereocenters. The Morgan fingerprint density at radius 3 is 2.15 bits per heavy atom.